The van der Waals surface area contributed by atoms with Crippen LogP contribution in [0.2, 0.25) is 0 Å². The summed E-state index contributed by atoms with van der Waals surface area (Å²) in [6.45, 7) is 9.87. The lowest BCUT2D eigenvalue weighted by molar-refractivity contribution is -0.133. The van der Waals surface area contributed by atoms with Gasteiger partial charge in [-0.1, -0.05) is 0 Å². The number of amides is 1. The highest BCUT2D eigenvalue weighted by atomic mass is 19.1. The lowest BCUT2D eigenvalue weighted by atomic mass is 9.94. The Morgan fingerprint density at radius 3 is 2.32 bits per heavy atom. The number of anilines is 1. The topological polar surface area (TPSA) is 41.6 Å². The molecule has 0 spiro atoms. The fraction of sp³-hybridized carbons (Fsp3) is 0.409. The minimum Gasteiger partial charge on any atom is -0.366 e. The van der Waals surface area contributed by atoms with Crippen molar-refractivity contribution in [2.45, 2.75) is 45.4 Å². The van der Waals surface area contributed by atoms with Gasteiger partial charge in [-0.15, -0.1) is 0 Å². The molecule has 1 fully saturated rings. The van der Waals surface area contributed by atoms with E-state index in [4.69, 9.17) is 4.74 Å². The zero-order valence-corrected chi connectivity index (χ0v) is 16.5. The van der Waals surface area contributed by atoms with Gasteiger partial charge in [0.15, 0.2) is 0 Å². The molecule has 0 unspecified atom stereocenters. The Hall–Kier alpha value is -2.47. The average molecular weight is 386 g/mol. The second-order valence-electron chi connectivity index (χ2n) is 8.81. The number of rotatable bonds is 2. The van der Waals surface area contributed by atoms with Crippen molar-refractivity contribution in [3.63, 3.8) is 0 Å². The predicted octanol–water partition coefficient (Wildman–Crippen LogP) is 4.27. The van der Waals surface area contributed by atoms with Crippen LogP contribution < -0.4 is 10.2 Å². The third-order valence-corrected chi connectivity index (χ3v) is 5.18. The van der Waals surface area contributed by atoms with Crippen molar-refractivity contribution >= 4 is 11.6 Å². The van der Waals surface area contributed by atoms with E-state index in [-0.39, 0.29) is 22.7 Å². The van der Waals surface area contributed by atoms with Gasteiger partial charge in [0.2, 0.25) is 0 Å². The van der Waals surface area contributed by atoms with E-state index in [1.165, 1.54) is 12.1 Å². The number of carbonyl (C=O) groups excluding carboxylic acids is 1. The number of benzene rings is 2. The minimum atomic E-state index is -0.646. The van der Waals surface area contributed by atoms with Crippen LogP contribution in [0.1, 0.15) is 43.6 Å². The lowest BCUT2D eigenvalue weighted by Gasteiger charge is -2.48. The van der Waals surface area contributed by atoms with E-state index >= 15 is 0 Å². The van der Waals surface area contributed by atoms with Crippen molar-refractivity contribution in [1.82, 2.24) is 5.32 Å². The van der Waals surface area contributed by atoms with Crippen LogP contribution >= 0.6 is 0 Å². The van der Waals surface area contributed by atoms with Crippen LogP contribution in [-0.4, -0.2) is 30.2 Å². The lowest BCUT2D eigenvalue weighted by Crippen LogP contribution is -2.57. The molecule has 2 aromatic rings. The van der Waals surface area contributed by atoms with Crippen molar-refractivity contribution in [3.05, 3.63) is 53.1 Å². The fourth-order valence-electron chi connectivity index (χ4n) is 4.43. The highest BCUT2D eigenvalue weighted by molar-refractivity contribution is 6.01. The van der Waals surface area contributed by atoms with Gasteiger partial charge < -0.3 is 15.0 Å². The molecule has 0 radical (unpaired) electrons. The maximum Gasteiger partial charge on any atom is 0.251 e. The number of carbonyl (C=O) groups is 1. The molecule has 2 aromatic carbocycles. The van der Waals surface area contributed by atoms with E-state index in [0.29, 0.717) is 30.8 Å². The van der Waals surface area contributed by atoms with Gasteiger partial charge in [-0.2, -0.15) is 0 Å². The van der Waals surface area contributed by atoms with Gasteiger partial charge >= 0.3 is 0 Å². The second-order valence-corrected chi connectivity index (χ2v) is 8.81. The number of fused-ring (bicyclic) bond motifs is 1. The Bertz CT molecular complexity index is 953. The molecule has 4 nitrogen and oxygen atoms in total. The zero-order valence-electron chi connectivity index (χ0n) is 16.5. The van der Waals surface area contributed by atoms with Crippen molar-refractivity contribution in [2.24, 2.45) is 0 Å². The summed E-state index contributed by atoms with van der Waals surface area (Å²) >= 11 is 0. The maximum atomic E-state index is 14.4. The summed E-state index contributed by atoms with van der Waals surface area (Å²) in [4.78, 5) is 14.6. The third kappa shape index (κ3) is 3.37. The summed E-state index contributed by atoms with van der Waals surface area (Å²) in [6, 6.07) is 7.09. The average Bonchev–Trinajstić information content (AvgIpc) is 2.92. The van der Waals surface area contributed by atoms with Gasteiger partial charge in [0, 0.05) is 48.1 Å². The van der Waals surface area contributed by atoms with E-state index < -0.39 is 11.6 Å². The molecule has 1 amide bonds. The first-order chi connectivity index (χ1) is 13.0. The molecule has 1 N–H and O–H groups in total. The van der Waals surface area contributed by atoms with Gasteiger partial charge in [-0.3, -0.25) is 4.79 Å². The van der Waals surface area contributed by atoms with Gasteiger partial charge in [-0.05, 0) is 57.5 Å². The predicted molar refractivity (Wildman–Crippen MR) is 104 cm³/mol. The van der Waals surface area contributed by atoms with Gasteiger partial charge in [0.05, 0.1) is 11.2 Å². The molecule has 4 rings (SSSR count). The van der Waals surface area contributed by atoms with Gasteiger partial charge in [0.1, 0.15) is 11.6 Å². The first-order valence-electron chi connectivity index (χ1n) is 9.40. The molecule has 0 aromatic heterocycles. The van der Waals surface area contributed by atoms with Crippen molar-refractivity contribution in [1.29, 1.82) is 0 Å². The number of nitrogens with one attached hydrogen (secondary N) is 1. The molecule has 1 saturated heterocycles. The molecule has 2 aliphatic rings. The summed E-state index contributed by atoms with van der Waals surface area (Å²) in [7, 11) is 0. The monoisotopic (exact) mass is 386 g/mol. The van der Waals surface area contributed by atoms with Crippen molar-refractivity contribution < 1.29 is 18.3 Å². The number of ether oxygens (including phenoxy) is 1. The Balaban J connectivity index is 1.87. The summed E-state index contributed by atoms with van der Waals surface area (Å²) in [6.07, 6.45) is 0. The summed E-state index contributed by atoms with van der Waals surface area (Å²) in [5.41, 5.74) is 2.42. The Morgan fingerprint density at radius 2 is 1.68 bits per heavy atom. The molecule has 2 aliphatic heterocycles. The van der Waals surface area contributed by atoms with Gasteiger partial charge in [0.25, 0.3) is 5.91 Å². The minimum absolute atomic E-state index is 0.174. The molecule has 0 aliphatic carbocycles. The van der Waals surface area contributed by atoms with Crippen LogP contribution in [0.4, 0.5) is 14.5 Å². The smallest absolute Gasteiger partial charge is 0.251 e. The molecule has 0 bridgehead atoms. The van der Waals surface area contributed by atoms with Gasteiger partial charge in [-0.25, -0.2) is 8.78 Å². The third-order valence-electron chi connectivity index (χ3n) is 5.18. The Kier molecular flexibility index (Phi) is 4.23. The van der Waals surface area contributed by atoms with E-state index in [0.717, 1.165) is 17.3 Å². The Morgan fingerprint density at radius 1 is 1.00 bits per heavy atom. The number of halogens is 2. The first kappa shape index (κ1) is 18.9. The fourth-order valence-corrected chi connectivity index (χ4v) is 4.43. The van der Waals surface area contributed by atoms with Crippen LogP contribution in [0.15, 0.2) is 30.3 Å². The SMILES string of the molecule is CC1(C)CN(c2cc(-c3ccc(F)cc3F)cc3c2CNC3=O)CC(C)(C)O1. The van der Waals surface area contributed by atoms with Crippen molar-refractivity contribution in [3.8, 4) is 11.1 Å². The largest absolute Gasteiger partial charge is 0.366 e. The van der Waals surface area contributed by atoms with Crippen LogP contribution in [0.3, 0.4) is 0 Å². The molecular weight excluding hydrogens is 362 g/mol. The molecular formula is C22H24F2N2O2. The molecule has 0 saturated carbocycles. The molecule has 6 heteroatoms. The number of morpholine rings is 1. The molecule has 28 heavy (non-hydrogen) atoms. The molecule has 0 atom stereocenters. The summed E-state index contributed by atoms with van der Waals surface area (Å²) in [5, 5.41) is 2.86. The van der Waals surface area contributed by atoms with Crippen LogP contribution in [0.5, 0.6) is 0 Å². The van der Waals surface area contributed by atoms with E-state index in [1.54, 1.807) is 6.07 Å². The maximum absolute atomic E-state index is 14.4. The second kappa shape index (κ2) is 6.27. The van der Waals surface area contributed by atoms with Crippen LogP contribution in [-0.2, 0) is 11.3 Å². The number of nitrogens with zero attached hydrogens (tertiary/aromatic N) is 1. The number of hydrogen-bond donors (Lipinski definition) is 1. The standard InChI is InChI=1S/C22H24F2N2O2/c1-21(2)11-26(12-22(3,4)28-21)19-8-13(7-16-17(19)10-25-20(16)27)15-6-5-14(23)9-18(15)24/h5-9H,10-12H2,1-4H3,(H,25,27). The summed E-state index contributed by atoms with van der Waals surface area (Å²) in [5.74, 6) is -1.45. The van der Waals surface area contributed by atoms with Crippen LogP contribution in [0, 0.1) is 11.6 Å². The molecule has 2 heterocycles. The quantitative estimate of drug-likeness (QED) is 0.838. The number of hydrogen-bond acceptors (Lipinski definition) is 3. The summed E-state index contributed by atoms with van der Waals surface area (Å²) < 4.78 is 34.0. The highest BCUT2D eigenvalue weighted by Gasteiger charge is 2.39. The first-order valence-corrected chi connectivity index (χ1v) is 9.40. The Labute approximate surface area is 163 Å². The van der Waals surface area contributed by atoms with E-state index in [9.17, 15) is 13.6 Å². The van der Waals surface area contributed by atoms with Crippen LogP contribution in [0.25, 0.3) is 11.1 Å². The normalized spacial score (nSPS) is 20.1. The van der Waals surface area contributed by atoms with E-state index in [2.05, 4.69) is 10.2 Å². The highest BCUT2D eigenvalue weighted by Crippen LogP contribution is 2.38. The van der Waals surface area contributed by atoms with Crippen molar-refractivity contribution in [2.75, 3.05) is 18.0 Å². The zero-order chi connectivity index (χ0) is 20.3. The van der Waals surface area contributed by atoms with E-state index in [1.807, 2.05) is 33.8 Å². The molecule has 148 valence electrons.